The van der Waals surface area contributed by atoms with Crippen LogP contribution in [0.3, 0.4) is 0 Å². The number of benzene rings is 1. The van der Waals surface area contributed by atoms with E-state index in [0.717, 1.165) is 30.9 Å². The van der Waals surface area contributed by atoms with Crippen molar-refractivity contribution in [2.75, 3.05) is 26.9 Å². The fraction of sp³-hybridized carbons (Fsp3) is 0.579. The summed E-state index contributed by atoms with van der Waals surface area (Å²) in [7, 11) is 1.68. The van der Waals surface area contributed by atoms with Gasteiger partial charge in [0.1, 0.15) is 5.75 Å². The molecule has 3 N–H and O–H groups in total. The van der Waals surface area contributed by atoms with E-state index in [1.165, 1.54) is 0 Å². The van der Waals surface area contributed by atoms with Crippen molar-refractivity contribution in [2.24, 2.45) is 4.99 Å². The normalized spacial score (nSPS) is 14.7. The Morgan fingerprint density at radius 3 is 2.81 bits per heavy atom. The predicted octanol–water partition coefficient (Wildman–Crippen LogP) is 2.05. The Kier molecular flexibility index (Phi) is 11.1. The number of rotatable bonds is 10. The van der Waals surface area contributed by atoms with Gasteiger partial charge in [-0.25, -0.2) is 4.99 Å². The lowest BCUT2D eigenvalue weighted by Crippen LogP contribution is -2.43. The van der Waals surface area contributed by atoms with Gasteiger partial charge < -0.3 is 25.4 Å². The summed E-state index contributed by atoms with van der Waals surface area (Å²) in [6.07, 6.45) is 2.15. The van der Waals surface area contributed by atoms with Gasteiger partial charge in [0.25, 0.3) is 5.91 Å². The van der Waals surface area contributed by atoms with Crippen LogP contribution in [0.4, 0.5) is 0 Å². The molecule has 1 aliphatic rings. The Labute approximate surface area is 178 Å². The van der Waals surface area contributed by atoms with E-state index in [4.69, 9.17) is 9.47 Å². The fourth-order valence-electron chi connectivity index (χ4n) is 2.39. The predicted molar refractivity (Wildman–Crippen MR) is 118 cm³/mol. The van der Waals surface area contributed by atoms with E-state index in [0.29, 0.717) is 24.9 Å². The van der Waals surface area contributed by atoms with Crippen molar-refractivity contribution in [1.29, 1.82) is 0 Å². The molecule has 0 spiro atoms. The number of nitrogens with one attached hydrogen (secondary N) is 3. The Morgan fingerprint density at radius 1 is 1.37 bits per heavy atom. The highest BCUT2D eigenvalue weighted by Gasteiger charge is 2.23. The molecule has 152 valence electrons. The first-order chi connectivity index (χ1) is 12.6. The summed E-state index contributed by atoms with van der Waals surface area (Å²) in [5.41, 5.74) is 1.02. The zero-order valence-corrected chi connectivity index (χ0v) is 18.6. The van der Waals surface area contributed by atoms with Crippen LogP contribution >= 0.6 is 24.0 Å². The highest BCUT2D eigenvalue weighted by atomic mass is 127. The quantitative estimate of drug-likeness (QED) is 0.266. The lowest BCUT2D eigenvalue weighted by Gasteiger charge is -2.17. The largest absolute Gasteiger partial charge is 0.484 e. The number of guanidine groups is 1. The van der Waals surface area contributed by atoms with Crippen LogP contribution in [0.5, 0.6) is 5.75 Å². The van der Waals surface area contributed by atoms with Crippen molar-refractivity contribution >= 4 is 35.8 Å². The number of hydrogen-bond acceptors (Lipinski definition) is 4. The van der Waals surface area contributed by atoms with E-state index in [1.54, 1.807) is 7.11 Å². The number of methoxy groups -OCH3 is 1. The lowest BCUT2D eigenvalue weighted by molar-refractivity contribution is -0.123. The number of ether oxygens (including phenoxy) is 2. The van der Waals surface area contributed by atoms with Gasteiger partial charge in [0.05, 0.1) is 13.2 Å². The van der Waals surface area contributed by atoms with Gasteiger partial charge in [0, 0.05) is 25.7 Å². The van der Waals surface area contributed by atoms with Crippen LogP contribution in [0.15, 0.2) is 29.3 Å². The van der Waals surface area contributed by atoms with Crippen molar-refractivity contribution in [1.82, 2.24) is 16.0 Å². The van der Waals surface area contributed by atoms with Gasteiger partial charge in [0.2, 0.25) is 0 Å². The van der Waals surface area contributed by atoms with Gasteiger partial charge in [-0.3, -0.25) is 4.79 Å². The molecule has 1 saturated carbocycles. The molecule has 27 heavy (non-hydrogen) atoms. The second-order valence-electron chi connectivity index (χ2n) is 6.47. The van der Waals surface area contributed by atoms with E-state index in [9.17, 15) is 4.79 Å². The van der Waals surface area contributed by atoms with Crippen molar-refractivity contribution in [3.05, 3.63) is 29.8 Å². The molecular weight excluding hydrogens is 459 g/mol. The maximum Gasteiger partial charge on any atom is 0.258 e. The number of hydrogen-bond donors (Lipinski definition) is 3. The zero-order valence-electron chi connectivity index (χ0n) is 16.3. The minimum absolute atomic E-state index is 0. The highest BCUT2D eigenvalue weighted by molar-refractivity contribution is 14.0. The van der Waals surface area contributed by atoms with Crippen molar-refractivity contribution < 1.29 is 14.3 Å². The standard InChI is InChI=1S/C19H30N4O3.HI/c1-4-20-19(22-14(2)12-25-3)21-11-15-6-5-7-17(10-15)26-13-18(24)23-16-8-9-16;/h5-7,10,14,16H,4,8-9,11-13H2,1-3H3,(H,23,24)(H2,20,21,22);1H. The molecular formula is C19H31IN4O3. The molecule has 0 heterocycles. The topological polar surface area (TPSA) is 84.0 Å². The number of nitrogens with zero attached hydrogens (tertiary/aromatic N) is 1. The Hall–Kier alpha value is -1.55. The first-order valence-electron chi connectivity index (χ1n) is 9.15. The van der Waals surface area contributed by atoms with Crippen LogP contribution in [-0.4, -0.2) is 50.8 Å². The molecule has 1 unspecified atom stereocenters. The molecule has 0 saturated heterocycles. The minimum atomic E-state index is -0.0679. The monoisotopic (exact) mass is 490 g/mol. The van der Waals surface area contributed by atoms with Gasteiger partial charge >= 0.3 is 0 Å². The lowest BCUT2D eigenvalue weighted by atomic mass is 10.2. The third kappa shape index (κ3) is 9.81. The average Bonchev–Trinajstić information content (AvgIpc) is 3.43. The second-order valence-corrected chi connectivity index (χ2v) is 6.47. The van der Waals surface area contributed by atoms with Gasteiger partial charge in [-0.05, 0) is 44.4 Å². The van der Waals surface area contributed by atoms with Crippen LogP contribution in [0.1, 0.15) is 32.3 Å². The van der Waals surface area contributed by atoms with E-state index in [1.807, 2.05) is 38.1 Å². The van der Waals surface area contributed by atoms with E-state index in [2.05, 4.69) is 20.9 Å². The SMILES string of the molecule is CCNC(=NCc1cccc(OCC(=O)NC2CC2)c1)NC(C)COC.I. The van der Waals surface area contributed by atoms with E-state index < -0.39 is 0 Å². The van der Waals surface area contributed by atoms with Gasteiger partial charge in [-0.15, -0.1) is 24.0 Å². The van der Waals surface area contributed by atoms with Crippen LogP contribution in [0, 0.1) is 0 Å². The van der Waals surface area contributed by atoms with Gasteiger partial charge in [-0.1, -0.05) is 12.1 Å². The molecule has 1 aromatic carbocycles. The Morgan fingerprint density at radius 2 is 2.15 bits per heavy atom. The van der Waals surface area contributed by atoms with Crippen LogP contribution in [0.2, 0.25) is 0 Å². The summed E-state index contributed by atoms with van der Waals surface area (Å²) in [5.74, 6) is 1.35. The number of aliphatic imine (C=N–C) groups is 1. The fourth-order valence-corrected chi connectivity index (χ4v) is 2.39. The average molecular weight is 490 g/mol. The molecule has 1 aromatic rings. The molecule has 7 nitrogen and oxygen atoms in total. The number of amides is 1. The van der Waals surface area contributed by atoms with Crippen molar-refractivity contribution in [3.8, 4) is 5.75 Å². The first kappa shape index (κ1) is 23.5. The summed E-state index contributed by atoms with van der Waals surface area (Å²) in [6.45, 7) is 6.01. The number of carbonyl (C=O) groups is 1. The Balaban J connectivity index is 0.00000364. The maximum atomic E-state index is 11.7. The summed E-state index contributed by atoms with van der Waals surface area (Å²) in [4.78, 5) is 16.3. The Bertz CT molecular complexity index is 608. The highest BCUT2D eigenvalue weighted by Crippen LogP contribution is 2.18. The van der Waals surface area contributed by atoms with Crippen LogP contribution in [-0.2, 0) is 16.1 Å². The van der Waals surface area contributed by atoms with Crippen LogP contribution < -0.4 is 20.7 Å². The summed E-state index contributed by atoms with van der Waals surface area (Å²) >= 11 is 0. The molecule has 1 fully saturated rings. The van der Waals surface area contributed by atoms with E-state index in [-0.39, 0.29) is 42.5 Å². The molecule has 1 aliphatic carbocycles. The third-order valence-electron chi connectivity index (χ3n) is 3.77. The molecule has 0 radical (unpaired) electrons. The van der Waals surface area contributed by atoms with Gasteiger partial charge in [-0.2, -0.15) is 0 Å². The third-order valence-corrected chi connectivity index (χ3v) is 3.77. The summed E-state index contributed by atoms with van der Waals surface area (Å²) in [6, 6.07) is 8.18. The summed E-state index contributed by atoms with van der Waals surface area (Å²) < 4.78 is 10.7. The van der Waals surface area contributed by atoms with Gasteiger partial charge in [0.15, 0.2) is 12.6 Å². The zero-order chi connectivity index (χ0) is 18.8. The molecule has 1 atom stereocenters. The van der Waals surface area contributed by atoms with Crippen molar-refractivity contribution in [3.63, 3.8) is 0 Å². The smallest absolute Gasteiger partial charge is 0.258 e. The number of carbonyl (C=O) groups excluding carboxylic acids is 1. The summed E-state index contributed by atoms with van der Waals surface area (Å²) in [5, 5.41) is 9.43. The molecule has 2 rings (SSSR count). The first-order valence-corrected chi connectivity index (χ1v) is 9.15. The van der Waals surface area contributed by atoms with E-state index >= 15 is 0 Å². The second kappa shape index (κ2) is 12.8. The van der Waals surface area contributed by atoms with Crippen molar-refractivity contribution in [2.45, 2.75) is 45.3 Å². The maximum absolute atomic E-state index is 11.7. The minimum Gasteiger partial charge on any atom is -0.484 e. The molecule has 0 aliphatic heterocycles. The molecule has 0 bridgehead atoms. The molecule has 0 aromatic heterocycles. The number of halogens is 1. The molecule has 8 heteroatoms. The van der Waals surface area contributed by atoms with Crippen LogP contribution in [0.25, 0.3) is 0 Å². The molecule has 1 amide bonds.